The van der Waals surface area contributed by atoms with Crippen LogP contribution in [0.1, 0.15) is 25.7 Å². The van der Waals surface area contributed by atoms with Crippen molar-refractivity contribution in [1.82, 2.24) is 9.80 Å². The highest BCUT2D eigenvalue weighted by Gasteiger charge is 2.32. The molecule has 0 radical (unpaired) electrons. The Kier molecular flexibility index (Phi) is 4.88. The van der Waals surface area contributed by atoms with Crippen LogP contribution in [0.5, 0.6) is 0 Å². The van der Waals surface area contributed by atoms with Crippen molar-refractivity contribution in [2.24, 2.45) is 0 Å². The van der Waals surface area contributed by atoms with Gasteiger partial charge in [-0.15, -0.1) is 11.6 Å². The number of hydrogen-bond acceptors (Lipinski definition) is 2. The fourth-order valence-corrected chi connectivity index (χ4v) is 1.80. The maximum atomic E-state index is 11.4. The van der Waals surface area contributed by atoms with Gasteiger partial charge >= 0.3 is 6.03 Å². The largest absolute Gasteiger partial charge is 0.326 e. The zero-order valence-electron chi connectivity index (χ0n) is 9.04. The molecule has 0 spiro atoms. The molecule has 15 heavy (non-hydrogen) atoms. The summed E-state index contributed by atoms with van der Waals surface area (Å²) in [6, 6.07) is -0.169. The molecule has 0 saturated carbocycles. The Bertz CT molecular complexity index is 246. The number of likely N-dealkylation sites (N-methyl/N-ethyl adjacent to an activating group) is 1. The normalized spacial score (nSPS) is 16.7. The maximum Gasteiger partial charge on any atom is 0.326 e. The summed E-state index contributed by atoms with van der Waals surface area (Å²) in [4.78, 5) is 25.6. The third-order valence-corrected chi connectivity index (χ3v) is 2.76. The van der Waals surface area contributed by atoms with Crippen LogP contribution in [0.4, 0.5) is 4.79 Å². The van der Waals surface area contributed by atoms with E-state index in [4.69, 9.17) is 11.6 Å². The highest BCUT2D eigenvalue weighted by atomic mass is 35.5. The van der Waals surface area contributed by atoms with Crippen molar-refractivity contribution in [2.45, 2.75) is 25.7 Å². The predicted molar refractivity (Wildman–Crippen MR) is 58.9 cm³/mol. The molecule has 0 aliphatic carbocycles. The van der Waals surface area contributed by atoms with Gasteiger partial charge in [-0.05, 0) is 12.8 Å². The highest BCUT2D eigenvalue weighted by Crippen LogP contribution is 2.10. The average Bonchev–Trinajstić information content (AvgIpc) is 2.44. The smallest absolute Gasteiger partial charge is 0.318 e. The van der Waals surface area contributed by atoms with Gasteiger partial charge in [0.05, 0.1) is 0 Å². The summed E-state index contributed by atoms with van der Waals surface area (Å²) in [5.41, 5.74) is 0. The van der Waals surface area contributed by atoms with Crippen LogP contribution in [-0.2, 0) is 4.79 Å². The third-order valence-electron chi connectivity index (χ3n) is 2.50. The molecule has 1 heterocycles. The van der Waals surface area contributed by atoms with Gasteiger partial charge in [0.1, 0.15) is 6.54 Å². The van der Waals surface area contributed by atoms with Gasteiger partial charge in [0.25, 0.3) is 0 Å². The van der Waals surface area contributed by atoms with Crippen molar-refractivity contribution in [3.63, 3.8) is 0 Å². The number of imide groups is 1. The highest BCUT2D eigenvalue weighted by molar-refractivity contribution is 6.17. The van der Waals surface area contributed by atoms with E-state index in [2.05, 4.69) is 0 Å². The SMILES string of the molecule is CN1CC(=O)N(CCCCCCCl)C1=O. The molecule has 0 N–H and O–H groups in total. The van der Waals surface area contributed by atoms with E-state index < -0.39 is 0 Å². The number of rotatable bonds is 6. The lowest BCUT2D eigenvalue weighted by atomic mass is 10.2. The Morgan fingerprint density at radius 2 is 1.87 bits per heavy atom. The lowest BCUT2D eigenvalue weighted by molar-refractivity contribution is -0.125. The number of amides is 3. The number of halogens is 1. The number of hydrogen-bond donors (Lipinski definition) is 0. The first kappa shape index (κ1) is 12.3. The summed E-state index contributed by atoms with van der Waals surface area (Å²) in [5.74, 6) is 0.601. The van der Waals surface area contributed by atoms with Gasteiger partial charge in [0, 0.05) is 19.5 Å². The second-order valence-corrected chi connectivity index (χ2v) is 4.17. The van der Waals surface area contributed by atoms with Crippen LogP contribution < -0.4 is 0 Å². The molecule has 86 valence electrons. The number of nitrogens with zero attached hydrogens (tertiary/aromatic N) is 2. The average molecular weight is 233 g/mol. The molecule has 0 atom stereocenters. The van der Waals surface area contributed by atoms with E-state index in [-0.39, 0.29) is 18.5 Å². The lowest BCUT2D eigenvalue weighted by Gasteiger charge is -2.13. The van der Waals surface area contributed by atoms with E-state index in [1.54, 1.807) is 7.05 Å². The number of alkyl halides is 1. The van der Waals surface area contributed by atoms with Gasteiger partial charge in [0.2, 0.25) is 5.91 Å². The van der Waals surface area contributed by atoms with Gasteiger partial charge in [-0.2, -0.15) is 0 Å². The molecule has 5 heteroatoms. The standard InChI is InChI=1S/C10H17ClN2O2/c1-12-8-9(14)13(10(12)15)7-5-3-2-4-6-11/h2-8H2,1H3. The van der Waals surface area contributed by atoms with Crippen molar-refractivity contribution in [1.29, 1.82) is 0 Å². The zero-order valence-corrected chi connectivity index (χ0v) is 9.79. The third kappa shape index (κ3) is 3.38. The van der Waals surface area contributed by atoms with Crippen molar-refractivity contribution in [2.75, 3.05) is 26.0 Å². The quantitative estimate of drug-likeness (QED) is 0.397. The molecule has 1 aliphatic heterocycles. The van der Waals surface area contributed by atoms with Crippen LogP contribution in [0.3, 0.4) is 0 Å². The van der Waals surface area contributed by atoms with Crippen LogP contribution in [0.2, 0.25) is 0 Å². The van der Waals surface area contributed by atoms with E-state index in [0.29, 0.717) is 12.4 Å². The van der Waals surface area contributed by atoms with Gasteiger partial charge in [-0.1, -0.05) is 12.8 Å². The molecule has 0 aromatic carbocycles. The van der Waals surface area contributed by atoms with Crippen LogP contribution in [0.25, 0.3) is 0 Å². The number of urea groups is 1. The summed E-state index contributed by atoms with van der Waals surface area (Å²) in [6.45, 7) is 0.769. The minimum Gasteiger partial charge on any atom is -0.318 e. The van der Waals surface area contributed by atoms with Crippen LogP contribution in [0, 0.1) is 0 Å². The molecule has 1 saturated heterocycles. The minimum atomic E-state index is -0.169. The molecular formula is C10H17ClN2O2. The van der Waals surface area contributed by atoms with Crippen LogP contribution >= 0.6 is 11.6 Å². The Morgan fingerprint density at radius 1 is 1.20 bits per heavy atom. The first-order valence-corrected chi connectivity index (χ1v) is 5.81. The molecule has 0 aromatic rings. The van der Waals surface area contributed by atoms with Gasteiger partial charge in [-0.25, -0.2) is 4.79 Å². The monoisotopic (exact) mass is 232 g/mol. The molecular weight excluding hydrogens is 216 g/mol. The molecule has 0 aromatic heterocycles. The summed E-state index contributed by atoms with van der Waals surface area (Å²) in [5, 5.41) is 0. The summed E-state index contributed by atoms with van der Waals surface area (Å²) in [6.07, 6.45) is 3.97. The zero-order chi connectivity index (χ0) is 11.3. The lowest BCUT2D eigenvalue weighted by Crippen LogP contribution is -2.32. The van der Waals surface area contributed by atoms with Gasteiger partial charge in [-0.3, -0.25) is 9.69 Å². The second-order valence-electron chi connectivity index (χ2n) is 3.79. The minimum absolute atomic E-state index is 0.0835. The fourth-order valence-electron chi connectivity index (χ4n) is 1.61. The fraction of sp³-hybridized carbons (Fsp3) is 0.800. The number of carbonyl (C=O) groups excluding carboxylic acids is 2. The van der Waals surface area contributed by atoms with Gasteiger partial charge < -0.3 is 4.90 Å². The summed E-state index contributed by atoms with van der Waals surface area (Å²) in [7, 11) is 1.65. The van der Waals surface area contributed by atoms with E-state index >= 15 is 0 Å². The summed E-state index contributed by atoms with van der Waals surface area (Å²) < 4.78 is 0. The Morgan fingerprint density at radius 3 is 2.40 bits per heavy atom. The maximum absolute atomic E-state index is 11.4. The van der Waals surface area contributed by atoms with Crippen LogP contribution in [0.15, 0.2) is 0 Å². The van der Waals surface area contributed by atoms with Crippen molar-refractivity contribution in [3.8, 4) is 0 Å². The molecule has 4 nitrogen and oxygen atoms in total. The Balaban J connectivity index is 2.21. The van der Waals surface area contributed by atoms with Crippen molar-refractivity contribution >= 4 is 23.5 Å². The van der Waals surface area contributed by atoms with E-state index in [0.717, 1.165) is 25.7 Å². The first-order chi connectivity index (χ1) is 7.16. The van der Waals surface area contributed by atoms with Crippen molar-refractivity contribution in [3.05, 3.63) is 0 Å². The van der Waals surface area contributed by atoms with Gasteiger partial charge in [0.15, 0.2) is 0 Å². The molecule has 1 aliphatic rings. The summed E-state index contributed by atoms with van der Waals surface area (Å²) >= 11 is 5.55. The van der Waals surface area contributed by atoms with Crippen LogP contribution in [-0.4, -0.2) is 47.8 Å². The molecule has 0 unspecified atom stereocenters. The number of carbonyl (C=O) groups is 2. The van der Waals surface area contributed by atoms with E-state index in [1.165, 1.54) is 9.80 Å². The molecule has 1 rings (SSSR count). The predicted octanol–water partition coefficient (Wildman–Crippen LogP) is 1.68. The second kappa shape index (κ2) is 5.95. The molecule has 3 amide bonds. The topological polar surface area (TPSA) is 40.6 Å². The molecule has 0 bridgehead atoms. The van der Waals surface area contributed by atoms with E-state index in [1.807, 2.05) is 0 Å². The Hall–Kier alpha value is -0.770. The van der Waals surface area contributed by atoms with Crippen molar-refractivity contribution < 1.29 is 9.59 Å². The van der Waals surface area contributed by atoms with E-state index in [9.17, 15) is 9.59 Å². The first-order valence-electron chi connectivity index (χ1n) is 5.28. The Labute approximate surface area is 95.2 Å². The number of unbranched alkanes of at least 4 members (excludes halogenated alkanes) is 3. The molecule has 1 fully saturated rings.